The van der Waals surface area contributed by atoms with Gasteiger partial charge in [-0.3, -0.25) is 0 Å². The number of halogens is 1. The van der Waals surface area contributed by atoms with Crippen LogP contribution in [0.2, 0.25) is 0 Å². The Kier molecular flexibility index (Phi) is 5.49. The highest BCUT2D eigenvalue weighted by molar-refractivity contribution is 9.09. The summed E-state index contributed by atoms with van der Waals surface area (Å²) in [7, 11) is -2.94. The van der Waals surface area contributed by atoms with Crippen LogP contribution in [-0.2, 0) is 15.6 Å². The van der Waals surface area contributed by atoms with Crippen molar-refractivity contribution in [1.82, 2.24) is 0 Å². The fraction of sp³-hybridized carbons (Fsp3) is 0.500. The van der Waals surface area contributed by atoms with Crippen molar-refractivity contribution in [3.8, 4) is 0 Å². The van der Waals surface area contributed by atoms with Crippen LogP contribution >= 0.6 is 15.9 Å². The number of rotatable bonds is 6. The van der Waals surface area contributed by atoms with E-state index in [0.717, 1.165) is 29.3 Å². The first-order valence-electron chi connectivity index (χ1n) is 5.35. The smallest absolute Gasteiger partial charge is 0.154 e. The highest BCUT2D eigenvalue weighted by Gasteiger charge is 2.11. The van der Waals surface area contributed by atoms with Crippen molar-refractivity contribution in [2.45, 2.75) is 25.5 Å². The van der Waals surface area contributed by atoms with E-state index >= 15 is 0 Å². The Morgan fingerprint density at radius 2 is 2.00 bits per heavy atom. The molecule has 0 bridgehead atoms. The largest absolute Gasteiger partial charge is 0.228 e. The summed E-state index contributed by atoms with van der Waals surface area (Å²) in [6, 6.07) is 7.68. The van der Waals surface area contributed by atoms with Crippen LogP contribution in [0.1, 0.15) is 24.0 Å². The van der Waals surface area contributed by atoms with Crippen molar-refractivity contribution in [1.29, 1.82) is 0 Å². The molecule has 0 aliphatic heterocycles. The van der Waals surface area contributed by atoms with Crippen molar-refractivity contribution < 1.29 is 8.42 Å². The van der Waals surface area contributed by atoms with Gasteiger partial charge in [0.15, 0.2) is 9.84 Å². The van der Waals surface area contributed by atoms with E-state index in [-0.39, 0.29) is 11.5 Å². The molecule has 0 fully saturated rings. The zero-order valence-electron chi connectivity index (χ0n) is 9.45. The van der Waals surface area contributed by atoms with E-state index < -0.39 is 9.84 Å². The van der Waals surface area contributed by atoms with Crippen LogP contribution in [0.3, 0.4) is 0 Å². The normalized spacial score (nSPS) is 11.6. The van der Waals surface area contributed by atoms with Gasteiger partial charge >= 0.3 is 0 Å². The minimum atomic E-state index is -2.94. The molecule has 90 valence electrons. The third-order valence-electron chi connectivity index (χ3n) is 2.31. The first-order chi connectivity index (χ1) is 7.53. The summed E-state index contributed by atoms with van der Waals surface area (Å²) in [5, 5.41) is 0.868. The highest BCUT2D eigenvalue weighted by atomic mass is 79.9. The van der Waals surface area contributed by atoms with Gasteiger partial charge in [-0.25, -0.2) is 8.42 Å². The number of benzene rings is 1. The molecule has 0 N–H and O–H groups in total. The molecule has 0 aliphatic rings. The predicted molar refractivity (Wildman–Crippen MR) is 71.7 cm³/mol. The van der Waals surface area contributed by atoms with Crippen LogP contribution in [0.15, 0.2) is 24.3 Å². The summed E-state index contributed by atoms with van der Waals surface area (Å²) in [6.07, 6.45) is 1.65. The Balaban J connectivity index is 2.59. The molecular formula is C12H17BrO2S. The zero-order chi connectivity index (χ0) is 12.0. The maximum atomic E-state index is 11.8. The third-order valence-corrected chi connectivity index (χ3v) is 4.55. The van der Waals surface area contributed by atoms with Crippen molar-refractivity contribution >= 4 is 25.8 Å². The van der Waals surface area contributed by atoms with Gasteiger partial charge in [-0.05, 0) is 25.3 Å². The quantitative estimate of drug-likeness (QED) is 0.598. The van der Waals surface area contributed by atoms with Gasteiger partial charge in [0.05, 0.1) is 11.5 Å². The maximum Gasteiger partial charge on any atom is 0.154 e. The van der Waals surface area contributed by atoms with Gasteiger partial charge in [-0.2, -0.15) is 0 Å². The number of aryl methyl sites for hydroxylation is 1. The predicted octanol–water partition coefficient (Wildman–Crippen LogP) is 3.08. The molecule has 0 saturated carbocycles. The fourth-order valence-corrected chi connectivity index (χ4v) is 3.42. The molecule has 0 spiro atoms. The molecule has 1 aromatic rings. The Hall–Kier alpha value is -0.350. The number of hydrogen-bond acceptors (Lipinski definition) is 2. The number of unbranched alkanes of at least 4 members (excludes halogenated alkanes) is 1. The molecule has 1 rings (SSSR count). The van der Waals surface area contributed by atoms with Gasteiger partial charge in [-0.1, -0.05) is 45.8 Å². The van der Waals surface area contributed by atoms with Crippen molar-refractivity contribution in [3.63, 3.8) is 0 Å². The Morgan fingerprint density at radius 3 is 2.62 bits per heavy atom. The molecule has 0 unspecified atom stereocenters. The SMILES string of the molecule is Cc1cccc(CS(=O)(=O)CCCCBr)c1. The van der Waals surface area contributed by atoms with Gasteiger partial charge in [0.1, 0.15) is 0 Å². The van der Waals surface area contributed by atoms with E-state index in [2.05, 4.69) is 15.9 Å². The van der Waals surface area contributed by atoms with Gasteiger partial charge < -0.3 is 0 Å². The topological polar surface area (TPSA) is 34.1 Å². The summed E-state index contributed by atoms with van der Waals surface area (Å²) in [5.74, 6) is 0.448. The van der Waals surface area contributed by atoms with Crippen LogP contribution in [0, 0.1) is 6.92 Å². The zero-order valence-corrected chi connectivity index (χ0v) is 11.9. The Morgan fingerprint density at radius 1 is 1.25 bits per heavy atom. The standard InChI is InChI=1S/C12H17BrO2S/c1-11-5-4-6-12(9-11)10-16(14,15)8-3-2-7-13/h4-6,9H,2-3,7-8,10H2,1H3. The van der Waals surface area contributed by atoms with Gasteiger partial charge in [-0.15, -0.1) is 0 Å². The van der Waals surface area contributed by atoms with Gasteiger partial charge in [0, 0.05) is 5.33 Å². The maximum absolute atomic E-state index is 11.8. The molecule has 0 radical (unpaired) electrons. The molecule has 0 aromatic heterocycles. The van der Waals surface area contributed by atoms with E-state index in [4.69, 9.17) is 0 Å². The van der Waals surface area contributed by atoms with Crippen LogP contribution < -0.4 is 0 Å². The number of sulfone groups is 1. The summed E-state index contributed by atoms with van der Waals surface area (Å²) < 4.78 is 23.5. The molecule has 16 heavy (non-hydrogen) atoms. The second kappa shape index (κ2) is 6.40. The van der Waals surface area contributed by atoms with E-state index in [1.165, 1.54) is 0 Å². The average molecular weight is 305 g/mol. The second-order valence-corrected chi connectivity index (χ2v) is 6.95. The number of hydrogen-bond donors (Lipinski definition) is 0. The lowest BCUT2D eigenvalue weighted by molar-refractivity contribution is 0.592. The van der Waals surface area contributed by atoms with E-state index in [1.54, 1.807) is 0 Å². The molecule has 0 atom stereocenters. The lowest BCUT2D eigenvalue weighted by Gasteiger charge is -2.04. The highest BCUT2D eigenvalue weighted by Crippen LogP contribution is 2.10. The van der Waals surface area contributed by atoms with Crippen LogP contribution in [0.25, 0.3) is 0 Å². The number of alkyl halides is 1. The van der Waals surface area contributed by atoms with E-state index in [0.29, 0.717) is 0 Å². The van der Waals surface area contributed by atoms with E-state index in [1.807, 2.05) is 31.2 Å². The second-order valence-electron chi connectivity index (χ2n) is 3.98. The van der Waals surface area contributed by atoms with Crippen LogP contribution in [0.5, 0.6) is 0 Å². The summed E-state index contributed by atoms with van der Waals surface area (Å²) >= 11 is 3.30. The van der Waals surface area contributed by atoms with Gasteiger partial charge in [0.25, 0.3) is 0 Å². The fourth-order valence-electron chi connectivity index (χ4n) is 1.54. The summed E-state index contributed by atoms with van der Waals surface area (Å²) in [5.41, 5.74) is 1.99. The molecule has 0 heterocycles. The first-order valence-corrected chi connectivity index (χ1v) is 8.30. The van der Waals surface area contributed by atoms with Crippen LogP contribution in [-0.4, -0.2) is 19.5 Å². The average Bonchev–Trinajstić information content (AvgIpc) is 2.17. The van der Waals surface area contributed by atoms with Crippen LogP contribution in [0.4, 0.5) is 0 Å². The minimum Gasteiger partial charge on any atom is -0.228 e. The van der Waals surface area contributed by atoms with E-state index in [9.17, 15) is 8.42 Å². The lowest BCUT2D eigenvalue weighted by atomic mass is 10.2. The molecule has 0 amide bonds. The summed E-state index contributed by atoms with van der Waals surface area (Å²) in [6.45, 7) is 1.97. The molecular weight excluding hydrogens is 288 g/mol. The third kappa shape index (κ3) is 5.12. The summed E-state index contributed by atoms with van der Waals surface area (Å²) in [4.78, 5) is 0. The first kappa shape index (κ1) is 13.7. The van der Waals surface area contributed by atoms with Gasteiger partial charge in [0.2, 0.25) is 0 Å². The lowest BCUT2D eigenvalue weighted by Crippen LogP contribution is -2.09. The molecule has 0 aliphatic carbocycles. The molecule has 1 aromatic carbocycles. The van der Waals surface area contributed by atoms with Crippen molar-refractivity contribution in [2.24, 2.45) is 0 Å². The van der Waals surface area contributed by atoms with Crippen molar-refractivity contribution in [3.05, 3.63) is 35.4 Å². The molecule has 2 nitrogen and oxygen atoms in total. The van der Waals surface area contributed by atoms with Crippen molar-refractivity contribution in [2.75, 3.05) is 11.1 Å². The Bertz CT molecular complexity index is 426. The molecule has 4 heteroatoms. The Labute approximate surface area is 106 Å². The monoisotopic (exact) mass is 304 g/mol. The minimum absolute atomic E-state index is 0.164. The molecule has 0 saturated heterocycles.